The van der Waals surface area contributed by atoms with Crippen molar-refractivity contribution >= 4 is 38.9 Å². The van der Waals surface area contributed by atoms with Gasteiger partial charge in [-0.15, -0.1) is 0 Å². The van der Waals surface area contributed by atoms with Gasteiger partial charge in [-0.3, -0.25) is 0 Å². The molecule has 0 aliphatic heterocycles. The van der Waals surface area contributed by atoms with E-state index in [2.05, 4.69) is 289 Å². The minimum absolute atomic E-state index is 0.440. The Kier molecular flexibility index (Phi) is 9.77. The maximum Gasteiger partial charge on any atom is 0.0713 e. The molecule has 1 heterocycles. The quantitative estimate of drug-likeness (QED) is 0.140. The summed E-state index contributed by atoms with van der Waals surface area (Å²) in [6.07, 6.45) is 0. The van der Waals surface area contributed by atoms with E-state index in [-0.39, 0.29) is 0 Å². The van der Waals surface area contributed by atoms with Gasteiger partial charge in [0, 0.05) is 33.5 Å². The zero-order valence-corrected chi connectivity index (χ0v) is 38.0. The summed E-state index contributed by atoms with van der Waals surface area (Å²) in [7, 11) is 0. The van der Waals surface area contributed by atoms with Gasteiger partial charge in [0.2, 0.25) is 0 Å². The van der Waals surface area contributed by atoms with Crippen LogP contribution >= 0.6 is 0 Å². The molecule has 13 rings (SSSR count). The summed E-state index contributed by atoms with van der Waals surface area (Å²) in [6, 6.07) is 102. The number of rotatable bonds is 9. The van der Waals surface area contributed by atoms with Crippen molar-refractivity contribution in [3.63, 3.8) is 0 Å². The lowest BCUT2D eigenvalue weighted by Crippen LogP contribution is -2.28. The Morgan fingerprint density at radius 2 is 0.739 bits per heavy atom. The van der Waals surface area contributed by atoms with Crippen LogP contribution in [-0.4, -0.2) is 4.57 Å². The Morgan fingerprint density at radius 1 is 0.275 bits per heavy atom. The van der Waals surface area contributed by atoms with E-state index in [1.807, 2.05) is 0 Å². The van der Waals surface area contributed by atoms with Gasteiger partial charge in [0.1, 0.15) is 0 Å². The van der Waals surface area contributed by atoms with Crippen LogP contribution in [0.3, 0.4) is 0 Å². The molecule has 12 aromatic rings. The monoisotopic (exact) mass is 878 g/mol. The van der Waals surface area contributed by atoms with Gasteiger partial charge in [-0.1, -0.05) is 218 Å². The van der Waals surface area contributed by atoms with Crippen LogP contribution in [0.15, 0.2) is 279 Å². The van der Waals surface area contributed by atoms with E-state index in [9.17, 15) is 0 Å². The summed E-state index contributed by atoms with van der Waals surface area (Å²) in [6.45, 7) is 0. The van der Waals surface area contributed by atoms with Crippen LogP contribution in [0.25, 0.3) is 72.0 Å². The number of benzene rings is 11. The SMILES string of the molecule is c1ccc(-c2cccc(N(c3ccccc3)c3cccc(-c4ccc(-c5ccc6c7ccccc7n(-c7ccc8c(c7)-c7ccccc7C8(c7ccccc7)c7ccccc7)c6c5)cc4)c3)c2)cc1. The van der Waals surface area contributed by atoms with Crippen LogP contribution < -0.4 is 4.90 Å². The molecule has 0 amide bonds. The highest BCUT2D eigenvalue weighted by atomic mass is 15.1. The third-order valence-corrected chi connectivity index (χ3v) is 14.3. The minimum Gasteiger partial charge on any atom is -0.310 e. The van der Waals surface area contributed by atoms with E-state index in [1.165, 1.54) is 83.0 Å². The van der Waals surface area contributed by atoms with Crippen molar-refractivity contribution in [1.82, 2.24) is 4.57 Å². The smallest absolute Gasteiger partial charge is 0.0713 e. The van der Waals surface area contributed by atoms with Crippen molar-refractivity contribution in [2.24, 2.45) is 0 Å². The summed E-state index contributed by atoms with van der Waals surface area (Å²) in [5.74, 6) is 0. The number of para-hydroxylation sites is 2. The predicted octanol–water partition coefficient (Wildman–Crippen LogP) is 17.6. The van der Waals surface area contributed by atoms with Gasteiger partial charge in [0.05, 0.1) is 16.4 Å². The Morgan fingerprint density at radius 3 is 1.39 bits per heavy atom. The average Bonchev–Trinajstić information content (AvgIpc) is 3.92. The van der Waals surface area contributed by atoms with Gasteiger partial charge in [0.25, 0.3) is 0 Å². The van der Waals surface area contributed by atoms with E-state index < -0.39 is 5.41 Å². The lowest BCUT2D eigenvalue weighted by Gasteiger charge is -2.33. The van der Waals surface area contributed by atoms with Crippen LogP contribution in [0.1, 0.15) is 22.3 Å². The highest BCUT2D eigenvalue weighted by molar-refractivity contribution is 6.10. The molecule has 0 fully saturated rings. The molecule has 0 N–H and O–H groups in total. The van der Waals surface area contributed by atoms with Gasteiger partial charge in [-0.2, -0.15) is 0 Å². The number of hydrogen-bond donors (Lipinski definition) is 0. The molecule has 1 aliphatic carbocycles. The molecule has 1 aliphatic rings. The van der Waals surface area contributed by atoms with Crippen molar-refractivity contribution in [2.75, 3.05) is 4.90 Å². The standard InChI is InChI=1S/C67H46N2/c1-5-19-47(20-6-1)50-21-17-29-56(43-50)68(55-27-11-4-12-28-55)57-30-18-22-51(44-57)48-35-37-49(38-36-48)52-39-41-61-60-32-14-16-34-65(60)69(66(61)45-52)58-40-42-64-62(46-58)59-31-13-15-33-63(59)67(64,53-23-7-2-8-24-53)54-25-9-3-10-26-54/h1-46H. The van der Waals surface area contributed by atoms with Crippen molar-refractivity contribution in [3.8, 4) is 50.2 Å². The van der Waals surface area contributed by atoms with E-state index in [0.29, 0.717) is 0 Å². The summed E-state index contributed by atoms with van der Waals surface area (Å²) in [4.78, 5) is 2.35. The molecule has 11 aromatic carbocycles. The van der Waals surface area contributed by atoms with Crippen molar-refractivity contribution in [1.29, 1.82) is 0 Å². The van der Waals surface area contributed by atoms with Gasteiger partial charge in [-0.05, 0) is 127 Å². The third kappa shape index (κ3) is 6.72. The number of hydrogen-bond acceptors (Lipinski definition) is 1. The van der Waals surface area contributed by atoms with Gasteiger partial charge in [-0.25, -0.2) is 0 Å². The fourth-order valence-corrected chi connectivity index (χ4v) is 11.2. The second-order valence-corrected chi connectivity index (χ2v) is 18.1. The Bertz CT molecular complexity index is 3780. The molecule has 0 atom stereocenters. The van der Waals surface area contributed by atoms with Crippen molar-refractivity contribution in [2.45, 2.75) is 5.41 Å². The third-order valence-electron chi connectivity index (χ3n) is 14.3. The zero-order chi connectivity index (χ0) is 45.7. The molecule has 2 heteroatoms. The Balaban J connectivity index is 0.889. The summed E-state index contributed by atoms with van der Waals surface area (Å²) < 4.78 is 2.47. The summed E-state index contributed by atoms with van der Waals surface area (Å²) in [5, 5.41) is 2.48. The topological polar surface area (TPSA) is 8.17 Å². The normalized spacial score (nSPS) is 12.5. The highest BCUT2D eigenvalue weighted by Gasteiger charge is 2.46. The van der Waals surface area contributed by atoms with Crippen LogP contribution in [-0.2, 0) is 5.41 Å². The van der Waals surface area contributed by atoms with E-state index in [4.69, 9.17) is 0 Å². The second-order valence-electron chi connectivity index (χ2n) is 18.1. The molecule has 0 spiro atoms. The molecule has 2 nitrogen and oxygen atoms in total. The van der Waals surface area contributed by atoms with E-state index in [1.54, 1.807) is 0 Å². The summed E-state index contributed by atoms with van der Waals surface area (Å²) >= 11 is 0. The minimum atomic E-state index is -0.440. The second kappa shape index (κ2) is 16.7. The number of fused-ring (bicyclic) bond motifs is 6. The average molecular weight is 879 g/mol. The maximum absolute atomic E-state index is 2.47. The van der Waals surface area contributed by atoms with Crippen molar-refractivity contribution in [3.05, 3.63) is 301 Å². The summed E-state index contributed by atoms with van der Waals surface area (Å²) in [5.41, 5.74) is 21.2. The van der Waals surface area contributed by atoms with Gasteiger partial charge >= 0.3 is 0 Å². The largest absolute Gasteiger partial charge is 0.310 e. The molecule has 0 radical (unpaired) electrons. The van der Waals surface area contributed by atoms with Crippen LogP contribution in [0, 0.1) is 0 Å². The Hall–Kier alpha value is -8.98. The molecular weight excluding hydrogens is 833 g/mol. The molecule has 0 bridgehead atoms. The molecule has 69 heavy (non-hydrogen) atoms. The number of nitrogens with zero attached hydrogens (tertiary/aromatic N) is 2. The fraction of sp³-hybridized carbons (Fsp3) is 0.0149. The molecule has 0 saturated carbocycles. The first-order valence-electron chi connectivity index (χ1n) is 23.8. The first-order valence-corrected chi connectivity index (χ1v) is 23.8. The van der Waals surface area contributed by atoms with Crippen molar-refractivity contribution < 1.29 is 0 Å². The Labute approximate surface area is 403 Å². The molecule has 0 unspecified atom stereocenters. The lowest BCUT2D eigenvalue weighted by atomic mass is 9.68. The fourth-order valence-electron chi connectivity index (χ4n) is 11.2. The van der Waals surface area contributed by atoms with Gasteiger partial charge < -0.3 is 9.47 Å². The molecular formula is C67H46N2. The zero-order valence-electron chi connectivity index (χ0n) is 38.0. The molecule has 0 saturated heterocycles. The maximum atomic E-state index is 2.47. The first-order chi connectivity index (χ1) is 34.2. The predicted molar refractivity (Wildman–Crippen MR) is 289 cm³/mol. The van der Waals surface area contributed by atoms with Crippen LogP contribution in [0.4, 0.5) is 17.1 Å². The number of anilines is 3. The van der Waals surface area contributed by atoms with E-state index >= 15 is 0 Å². The highest BCUT2D eigenvalue weighted by Crippen LogP contribution is 2.56. The molecule has 324 valence electrons. The van der Waals surface area contributed by atoms with Crippen LogP contribution in [0.2, 0.25) is 0 Å². The number of aromatic nitrogens is 1. The first kappa shape index (κ1) is 40.3. The van der Waals surface area contributed by atoms with E-state index in [0.717, 1.165) is 28.3 Å². The molecule has 1 aromatic heterocycles. The lowest BCUT2D eigenvalue weighted by molar-refractivity contribution is 0.768. The van der Waals surface area contributed by atoms with Crippen LogP contribution in [0.5, 0.6) is 0 Å². The van der Waals surface area contributed by atoms with Gasteiger partial charge in [0.15, 0.2) is 0 Å².